The van der Waals surface area contributed by atoms with Crippen LogP contribution in [0.3, 0.4) is 0 Å². The summed E-state index contributed by atoms with van der Waals surface area (Å²) in [4.78, 5) is 0. The first kappa shape index (κ1) is 11.0. The maximum atomic E-state index is 3.55. The molecule has 86 valence electrons. The molecule has 0 saturated heterocycles. The molecule has 1 aliphatic carbocycles. The number of benzene rings is 2. The van der Waals surface area contributed by atoms with Crippen molar-refractivity contribution in [2.45, 2.75) is 26.2 Å². The van der Waals surface area contributed by atoms with Gasteiger partial charge < -0.3 is 0 Å². The van der Waals surface area contributed by atoms with E-state index in [0.29, 0.717) is 0 Å². The predicted molar refractivity (Wildman–Crippen MR) is 75.5 cm³/mol. The molecule has 2 aromatic rings. The molecule has 0 aromatic heterocycles. The van der Waals surface area contributed by atoms with Gasteiger partial charge in [-0.2, -0.15) is 0 Å². The van der Waals surface area contributed by atoms with Crippen LogP contribution in [0.4, 0.5) is 0 Å². The fourth-order valence-electron chi connectivity index (χ4n) is 2.41. The molecule has 3 rings (SSSR count). The predicted octanol–water partition coefficient (Wildman–Crippen LogP) is 4.45. The summed E-state index contributed by atoms with van der Waals surface area (Å²) >= 11 is 3.55. The molecule has 0 spiro atoms. The van der Waals surface area contributed by atoms with E-state index in [1.54, 1.807) is 11.1 Å². The fourth-order valence-corrected chi connectivity index (χ4v) is 2.82. The first-order chi connectivity index (χ1) is 8.22. The normalized spacial score (nSPS) is 13.1. The number of rotatable bonds is 2. The molecule has 0 heterocycles. The van der Waals surface area contributed by atoms with Gasteiger partial charge in [0, 0.05) is 4.47 Å². The second-order valence-corrected chi connectivity index (χ2v) is 5.77. The lowest BCUT2D eigenvalue weighted by atomic mass is 9.86. The van der Waals surface area contributed by atoms with E-state index in [2.05, 4.69) is 59.3 Å². The van der Waals surface area contributed by atoms with E-state index in [1.807, 2.05) is 0 Å². The van der Waals surface area contributed by atoms with Crippen LogP contribution in [0.2, 0.25) is 0 Å². The van der Waals surface area contributed by atoms with Crippen molar-refractivity contribution >= 4 is 15.9 Å². The van der Waals surface area contributed by atoms with Gasteiger partial charge in [0.15, 0.2) is 0 Å². The lowest BCUT2D eigenvalue weighted by Gasteiger charge is -2.19. The minimum absolute atomic E-state index is 1.04. The molecule has 0 amide bonds. The Bertz CT molecular complexity index is 570. The van der Waals surface area contributed by atoms with E-state index in [0.717, 1.165) is 6.42 Å². The number of hydrogen-bond acceptors (Lipinski definition) is 0. The highest BCUT2D eigenvalue weighted by molar-refractivity contribution is 9.10. The van der Waals surface area contributed by atoms with Gasteiger partial charge in [0.1, 0.15) is 0 Å². The van der Waals surface area contributed by atoms with E-state index >= 15 is 0 Å². The Labute approximate surface area is 111 Å². The molecule has 1 heteroatoms. The van der Waals surface area contributed by atoms with Crippen molar-refractivity contribution < 1.29 is 0 Å². The molecule has 17 heavy (non-hydrogen) atoms. The molecular formula is C16H15Br. The van der Waals surface area contributed by atoms with Crippen LogP contribution in [0, 0.1) is 6.92 Å². The molecule has 0 radical (unpaired) electrons. The van der Waals surface area contributed by atoms with Crippen LogP contribution in [0.5, 0.6) is 0 Å². The number of halogens is 1. The highest BCUT2D eigenvalue weighted by Gasteiger charge is 2.13. The molecule has 0 atom stereocenters. The van der Waals surface area contributed by atoms with Crippen molar-refractivity contribution in [3.63, 3.8) is 0 Å². The number of hydrogen-bond donors (Lipinski definition) is 0. The molecule has 0 saturated carbocycles. The topological polar surface area (TPSA) is 0 Å². The van der Waals surface area contributed by atoms with Crippen LogP contribution in [0.1, 0.15) is 27.8 Å². The van der Waals surface area contributed by atoms with Crippen LogP contribution in [-0.2, 0) is 19.3 Å². The minimum Gasteiger partial charge on any atom is -0.0585 e. The second-order valence-electron chi connectivity index (χ2n) is 4.85. The Morgan fingerprint density at radius 1 is 1.00 bits per heavy atom. The van der Waals surface area contributed by atoms with Crippen LogP contribution in [0.15, 0.2) is 40.9 Å². The molecule has 1 aliphatic rings. The summed E-state index contributed by atoms with van der Waals surface area (Å²) < 4.78 is 1.17. The van der Waals surface area contributed by atoms with Gasteiger partial charge in [-0.3, -0.25) is 0 Å². The maximum absolute atomic E-state index is 3.55. The van der Waals surface area contributed by atoms with Crippen molar-refractivity contribution in [1.82, 2.24) is 0 Å². The van der Waals surface area contributed by atoms with Crippen LogP contribution < -0.4 is 0 Å². The van der Waals surface area contributed by atoms with Gasteiger partial charge in [0.05, 0.1) is 0 Å². The average Bonchev–Trinajstić information content (AvgIpc) is 2.27. The van der Waals surface area contributed by atoms with Gasteiger partial charge in [-0.15, -0.1) is 0 Å². The standard InChI is InChI=1S/C16H15Br/c1-11-2-7-16(17)10-15(11)9-12-3-4-13-5-6-14(13)8-12/h2-4,7-8,10H,5-6,9H2,1H3. The summed E-state index contributed by atoms with van der Waals surface area (Å²) in [7, 11) is 0. The fraction of sp³-hybridized carbons (Fsp3) is 0.250. The molecule has 0 bridgehead atoms. The van der Waals surface area contributed by atoms with Crippen molar-refractivity contribution in [1.29, 1.82) is 0 Å². The van der Waals surface area contributed by atoms with E-state index < -0.39 is 0 Å². The van der Waals surface area contributed by atoms with Crippen molar-refractivity contribution in [3.05, 3.63) is 68.7 Å². The third-order valence-corrected chi connectivity index (χ3v) is 4.13. The van der Waals surface area contributed by atoms with Gasteiger partial charge in [-0.25, -0.2) is 0 Å². The largest absolute Gasteiger partial charge is 0.0585 e. The SMILES string of the molecule is Cc1ccc(Br)cc1Cc1ccc2c(c1)CC2. The molecule has 0 nitrogen and oxygen atoms in total. The van der Waals surface area contributed by atoms with Gasteiger partial charge in [0.2, 0.25) is 0 Å². The summed E-state index contributed by atoms with van der Waals surface area (Å²) in [6.45, 7) is 2.18. The number of aryl methyl sites for hydroxylation is 3. The third kappa shape index (κ3) is 2.16. The average molecular weight is 287 g/mol. The van der Waals surface area contributed by atoms with Crippen LogP contribution >= 0.6 is 15.9 Å². The maximum Gasteiger partial charge on any atom is 0.0178 e. The number of fused-ring (bicyclic) bond motifs is 1. The van der Waals surface area contributed by atoms with Gasteiger partial charge >= 0.3 is 0 Å². The van der Waals surface area contributed by atoms with Crippen molar-refractivity contribution in [3.8, 4) is 0 Å². The highest BCUT2D eigenvalue weighted by Crippen LogP contribution is 2.26. The molecule has 2 aromatic carbocycles. The van der Waals surface area contributed by atoms with E-state index in [1.165, 1.54) is 34.0 Å². The highest BCUT2D eigenvalue weighted by atomic mass is 79.9. The van der Waals surface area contributed by atoms with Crippen LogP contribution in [0.25, 0.3) is 0 Å². The monoisotopic (exact) mass is 286 g/mol. The molecule has 0 N–H and O–H groups in total. The van der Waals surface area contributed by atoms with Gasteiger partial charge in [0.25, 0.3) is 0 Å². The van der Waals surface area contributed by atoms with Gasteiger partial charge in [-0.1, -0.05) is 40.2 Å². The Kier molecular flexibility index (Phi) is 2.79. The Morgan fingerprint density at radius 2 is 1.82 bits per heavy atom. The molecule has 0 fully saturated rings. The van der Waals surface area contributed by atoms with Crippen LogP contribution in [-0.4, -0.2) is 0 Å². The summed E-state index contributed by atoms with van der Waals surface area (Å²) in [6, 6.07) is 13.5. The lowest BCUT2D eigenvalue weighted by Crippen LogP contribution is -2.08. The first-order valence-electron chi connectivity index (χ1n) is 6.08. The zero-order valence-electron chi connectivity index (χ0n) is 9.96. The smallest absolute Gasteiger partial charge is 0.0178 e. The quantitative estimate of drug-likeness (QED) is 0.765. The molecular weight excluding hydrogens is 272 g/mol. The van der Waals surface area contributed by atoms with Gasteiger partial charge in [-0.05, 0) is 66.1 Å². The van der Waals surface area contributed by atoms with E-state index in [9.17, 15) is 0 Å². The summed E-state index contributed by atoms with van der Waals surface area (Å²) in [5.74, 6) is 0. The Hall–Kier alpha value is -1.08. The second kappa shape index (κ2) is 4.30. The minimum atomic E-state index is 1.04. The van der Waals surface area contributed by atoms with E-state index in [4.69, 9.17) is 0 Å². The molecule has 0 unspecified atom stereocenters. The van der Waals surface area contributed by atoms with Crippen molar-refractivity contribution in [2.75, 3.05) is 0 Å². The van der Waals surface area contributed by atoms with Crippen molar-refractivity contribution in [2.24, 2.45) is 0 Å². The Balaban J connectivity index is 1.90. The summed E-state index contributed by atoms with van der Waals surface area (Å²) in [5.41, 5.74) is 7.31. The zero-order chi connectivity index (χ0) is 11.8. The summed E-state index contributed by atoms with van der Waals surface area (Å²) in [5, 5.41) is 0. The lowest BCUT2D eigenvalue weighted by molar-refractivity contribution is 0.834. The van der Waals surface area contributed by atoms with E-state index in [-0.39, 0.29) is 0 Å². The Morgan fingerprint density at radius 3 is 2.53 bits per heavy atom. The first-order valence-corrected chi connectivity index (χ1v) is 6.87. The zero-order valence-corrected chi connectivity index (χ0v) is 11.5. The summed E-state index contributed by atoms with van der Waals surface area (Å²) in [6.07, 6.45) is 3.57. The third-order valence-electron chi connectivity index (χ3n) is 3.64. The molecule has 0 aliphatic heterocycles.